The molecular formula is C39H64O3. The first kappa shape index (κ1) is 36.4. The van der Waals surface area contributed by atoms with Gasteiger partial charge in [0, 0.05) is 17.9 Å². The van der Waals surface area contributed by atoms with Gasteiger partial charge in [0.2, 0.25) is 0 Å². The Morgan fingerprint density at radius 1 is 0.905 bits per heavy atom. The molecule has 0 amide bonds. The van der Waals surface area contributed by atoms with E-state index < -0.39 is 0 Å². The highest BCUT2D eigenvalue weighted by atomic mass is 16.1. The standard InChI is InChI=1S/C39H64O3/c1-11-15-17-29(18-16-12-2)20-31-24-34(26(7)8)36-22-30(23-38(42)39(36)28(31)10)21-35(32(13-3)25(5)6)33(14-4)37(41)19-27(9)40/h24-26,29-30,32-33,35H,11-23H2,1-10H3. The third-order valence-electron chi connectivity index (χ3n) is 10.4. The van der Waals surface area contributed by atoms with Crippen molar-refractivity contribution in [2.24, 2.45) is 35.5 Å². The molecule has 3 heteroatoms. The number of rotatable bonds is 19. The number of benzene rings is 1. The summed E-state index contributed by atoms with van der Waals surface area (Å²) in [5.41, 5.74) is 6.28. The monoisotopic (exact) mass is 580 g/mol. The minimum atomic E-state index is -0.116. The lowest BCUT2D eigenvalue weighted by molar-refractivity contribution is -0.130. The van der Waals surface area contributed by atoms with Crippen LogP contribution in [0.2, 0.25) is 0 Å². The summed E-state index contributed by atoms with van der Waals surface area (Å²) in [5.74, 6) is 2.60. The van der Waals surface area contributed by atoms with Crippen molar-refractivity contribution in [3.8, 4) is 0 Å². The van der Waals surface area contributed by atoms with Crippen LogP contribution in [0.5, 0.6) is 0 Å². The molecule has 0 N–H and O–H groups in total. The van der Waals surface area contributed by atoms with Crippen LogP contribution >= 0.6 is 0 Å². The van der Waals surface area contributed by atoms with E-state index in [1.807, 2.05) is 0 Å². The Hall–Kier alpha value is -1.77. The molecule has 1 aromatic carbocycles. The number of hydrogen-bond donors (Lipinski definition) is 0. The fourth-order valence-corrected chi connectivity index (χ4v) is 8.21. The van der Waals surface area contributed by atoms with Gasteiger partial charge >= 0.3 is 0 Å². The molecule has 1 aliphatic rings. The first-order valence-electron chi connectivity index (χ1n) is 17.6. The second-order valence-corrected chi connectivity index (χ2v) is 14.4. The van der Waals surface area contributed by atoms with Crippen LogP contribution in [0.4, 0.5) is 0 Å². The maximum absolute atomic E-state index is 14.0. The number of ketones is 3. The lowest BCUT2D eigenvalue weighted by Crippen LogP contribution is -2.35. The quantitative estimate of drug-likeness (QED) is 0.153. The van der Waals surface area contributed by atoms with Gasteiger partial charge in [-0.15, -0.1) is 0 Å². The molecule has 0 bridgehead atoms. The van der Waals surface area contributed by atoms with E-state index in [1.54, 1.807) is 0 Å². The molecule has 4 atom stereocenters. The molecule has 0 heterocycles. The number of carbonyl (C=O) groups is 3. The maximum atomic E-state index is 14.0. The van der Waals surface area contributed by atoms with Gasteiger partial charge in [0.25, 0.3) is 0 Å². The van der Waals surface area contributed by atoms with Crippen LogP contribution < -0.4 is 0 Å². The fraction of sp³-hybridized carbons (Fsp3) is 0.769. The molecule has 42 heavy (non-hydrogen) atoms. The van der Waals surface area contributed by atoms with Gasteiger partial charge in [-0.05, 0) is 97.3 Å². The zero-order chi connectivity index (χ0) is 31.6. The largest absolute Gasteiger partial charge is 0.300 e. The van der Waals surface area contributed by atoms with Gasteiger partial charge in [0.15, 0.2) is 5.78 Å². The Labute approximate surface area is 259 Å². The maximum Gasteiger partial charge on any atom is 0.163 e. The van der Waals surface area contributed by atoms with Gasteiger partial charge in [-0.3, -0.25) is 14.4 Å². The summed E-state index contributed by atoms with van der Waals surface area (Å²) in [6.07, 6.45) is 12.9. The van der Waals surface area contributed by atoms with E-state index in [0.29, 0.717) is 35.9 Å². The van der Waals surface area contributed by atoms with E-state index in [2.05, 4.69) is 68.4 Å². The summed E-state index contributed by atoms with van der Waals surface area (Å²) in [6.45, 7) is 21.7. The highest BCUT2D eigenvalue weighted by Crippen LogP contribution is 2.43. The Morgan fingerprint density at radius 2 is 1.52 bits per heavy atom. The topological polar surface area (TPSA) is 51.2 Å². The van der Waals surface area contributed by atoms with Crippen molar-refractivity contribution in [1.82, 2.24) is 0 Å². The highest BCUT2D eigenvalue weighted by molar-refractivity contribution is 6.01. The predicted octanol–water partition coefficient (Wildman–Crippen LogP) is 10.7. The summed E-state index contributed by atoms with van der Waals surface area (Å²) >= 11 is 0. The average Bonchev–Trinajstić information content (AvgIpc) is 2.91. The summed E-state index contributed by atoms with van der Waals surface area (Å²) in [5, 5.41) is 0. The highest BCUT2D eigenvalue weighted by Gasteiger charge is 2.38. The van der Waals surface area contributed by atoms with Crippen LogP contribution in [-0.4, -0.2) is 17.3 Å². The molecule has 2 rings (SSSR count). The SMILES string of the molecule is CCCCC(CCCC)Cc1cc(C(C)C)c2c(c1C)C(=O)CC(CC(C(CC)C(=O)CC(C)=O)C(CC)C(C)C)C2. The first-order valence-corrected chi connectivity index (χ1v) is 17.6. The van der Waals surface area contributed by atoms with E-state index in [0.717, 1.165) is 37.7 Å². The number of hydrogen-bond acceptors (Lipinski definition) is 3. The molecule has 4 unspecified atom stereocenters. The zero-order valence-electron chi connectivity index (χ0n) is 29.0. The van der Waals surface area contributed by atoms with Gasteiger partial charge in [0.05, 0.1) is 6.42 Å². The number of unbranched alkanes of at least 4 members (excludes halogenated alkanes) is 2. The number of Topliss-reactive ketones (excluding diaryl/α,β-unsaturated/α-hetero) is 3. The third-order valence-corrected chi connectivity index (χ3v) is 10.4. The molecule has 3 nitrogen and oxygen atoms in total. The summed E-state index contributed by atoms with van der Waals surface area (Å²) < 4.78 is 0. The third kappa shape index (κ3) is 9.62. The Morgan fingerprint density at radius 3 is 2.00 bits per heavy atom. The molecular weight excluding hydrogens is 516 g/mol. The Bertz CT molecular complexity index is 1020. The van der Waals surface area contributed by atoms with Crippen molar-refractivity contribution in [1.29, 1.82) is 0 Å². The fourth-order valence-electron chi connectivity index (χ4n) is 8.21. The molecule has 1 aliphatic carbocycles. The molecule has 238 valence electrons. The van der Waals surface area contributed by atoms with Crippen LogP contribution in [-0.2, 0) is 22.4 Å². The van der Waals surface area contributed by atoms with E-state index in [1.165, 1.54) is 67.7 Å². The summed E-state index contributed by atoms with van der Waals surface area (Å²) in [7, 11) is 0. The molecule has 0 radical (unpaired) electrons. The minimum Gasteiger partial charge on any atom is -0.300 e. The van der Waals surface area contributed by atoms with Crippen LogP contribution in [0.3, 0.4) is 0 Å². The minimum absolute atomic E-state index is 0.0347. The molecule has 0 aromatic heterocycles. The average molecular weight is 581 g/mol. The van der Waals surface area contributed by atoms with Gasteiger partial charge < -0.3 is 0 Å². The summed E-state index contributed by atoms with van der Waals surface area (Å²) in [6, 6.07) is 2.46. The lowest BCUT2D eigenvalue weighted by atomic mass is 9.65. The van der Waals surface area contributed by atoms with Crippen molar-refractivity contribution in [2.75, 3.05) is 0 Å². The molecule has 0 spiro atoms. The van der Waals surface area contributed by atoms with Gasteiger partial charge in [-0.1, -0.05) is 106 Å². The molecule has 0 saturated heterocycles. The first-order chi connectivity index (χ1) is 19.9. The van der Waals surface area contributed by atoms with Crippen LogP contribution in [0.15, 0.2) is 6.07 Å². The van der Waals surface area contributed by atoms with Crippen molar-refractivity contribution in [2.45, 2.75) is 159 Å². The second-order valence-electron chi connectivity index (χ2n) is 14.4. The summed E-state index contributed by atoms with van der Waals surface area (Å²) in [4.78, 5) is 39.3. The normalized spacial score (nSPS) is 17.5. The second kappa shape index (κ2) is 17.5. The van der Waals surface area contributed by atoms with E-state index >= 15 is 0 Å². The van der Waals surface area contributed by atoms with Crippen LogP contribution in [0.1, 0.15) is 171 Å². The Balaban J connectivity index is 2.48. The molecule has 0 saturated carbocycles. The van der Waals surface area contributed by atoms with Crippen molar-refractivity contribution < 1.29 is 14.4 Å². The van der Waals surface area contributed by atoms with Crippen LogP contribution in [0.25, 0.3) is 0 Å². The van der Waals surface area contributed by atoms with E-state index in [9.17, 15) is 14.4 Å². The molecule has 0 aliphatic heterocycles. The number of fused-ring (bicyclic) bond motifs is 1. The lowest BCUT2D eigenvalue weighted by Gasteiger charge is -2.38. The predicted molar refractivity (Wildman–Crippen MR) is 178 cm³/mol. The molecule has 1 aromatic rings. The van der Waals surface area contributed by atoms with Gasteiger partial charge in [-0.25, -0.2) is 0 Å². The van der Waals surface area contributed by atoms with E-state index in [-0.39, 0.29) is 35.7 Å². The zero-order valence-corrected chi connectivity index (χ0v) is 29.0. The molecule has 0 fully saturated rings. The van der Waals surface area contributed by atoms with Crippen molar-refractivity contribution in [3.05, 3.63) is 33.9 Å². The van der Waals surface area contributed by atoms with Crippen molar-refractivity contribution >= 4 is 17.3 Å². The smallest absolute Gasteiger partial charge is 0.163 e. The Kier molecular flexibility index (Phi) is 15.2. The number of carbonyl (C=O) groups excluding carboxylic acids is 3. The van der Waals surface area contributed by atoms with E-state index in [4.69, 9.17) is 0 Å². The van der Waals surface area contributed by atoms with Crippen LogP contribution in [0, 0.1) is 42.4 Å². The van der Waals surface area contributed by atoms with Crippen molar-refractivity contribution in [3.63, 3.8) is 0 Å². The van der Waals surface area contributed by atoms with Gasteiger partial charge in [-0.2, -0.15) is 0 Å². The van der Waals surface area contributed by atoms with Gasteiger partial charge in [0.1, 0.15) is 11.6 Å².